The molecule has 0 saturated heterocycles. The Morgan fingerprint density at radius 3 is 1.98 bits per heavy atom. The number of anilines is 2. The summed E-state index contributed by atoms with van der Waals surface area (Å²) in [5.41, 5.74) is 4.14. The van der Waals surface area contributed by atoms with Gasteiger partial charge in [0.25, 0.3) is 0 Å². The van der Waals surface area contributed by atoms with Crippen LogP contribution >= 0.6 is 0 Å². The van der Waals surface area contributed by atoms with Gasteiger partial charge in [0, 0.05) is 47.4 Å². The minimum absolute atomic E-state index is 0.326. The van der Waals surface area contributed by atoms with E-state index in [1.165, 1.54) is 6.92 Å². The zero-order valence-electron chi connectivity index (χ0n) is 27.1. The summed E-state index contributed by atoms with van der Waals surface area (Å²) in [6.07, 6.45) is 3.03. The number of nitrogens with zero attached hydrogens (tertiary/aromatic N) is 1. The Morgan fingerprint density at radius 1 is 0.787 bits per heavy atom. The van der Waals surface area contributed by atoms with Crippen molar-refractivity contribution in [2.45, 2.75) is 58.1 Å². The topological polar surface area (TPSA) is 100 Å². The van der Waals surface area contributed by atoms with Crippen molar-refractivity contribution in [3.05, 3.63) is 132 Å². The lowest BCUT2D eigenvalue weighted by molar-refractivity contribution is -0.150. The van der Waals surface area contributed by atoms with Crippen molar-refractivity contribution in [3.8, 4) is 0 Å². The number of carbonyl (C=O) groups is 3. The summed E-state index contributed by atoms with van der Waals surface area (Å²) >= 11 is 0. The molecule has 0 radical (unpaired) electrons. The first-order valence-electron chi connectivity index (χ1n) is 16.4. The van der Waals surface area contributed by atoms with Gasteiger partial charge >= 0.3 is 0 Å². The lowest BCUT2D eigenvalue weighted by atomic mass is 9.61. The highest BCUT2D eigenvalue weighted by molar-refractivity contribution is 6.11. The Hall–Kier alpha value is -5.01. The van der Waals surface area contributed by atoms with Crippen molar-refractivity contribution in [2.75, 3.05) is 10.6 Å². The molecule has 0 aliphatic heterocycles. The van der Waals surface area contributed by atoms with Gasteiger partial charge in [-0.05, 0) is 60.2 Å². The third-order valence-corrected chi connectivity index (χ3v) is 9.52. The van der Waals surface area contributed by atoms with E-state index in [1.807, 2.05) is 123 Å². The normalized spacial score (nSPS) is 21.0. The van der Waals surface area contributed by atoms with Gasteiger partial charge in [-0.3, -0.25) is 14.4 Å². The summed E-state index contributed by atoms with van der Waals surface area (Å²) in [7, 11) is 0. The standard InChI is InChI=1S/C40H41N3O4/c1-4-27-17-9-12-20-31(27)41-38(45)36-34(44)23-40(3,47)37(39(46)42-32-21-13-10-18-28(32)5-2)35(36)30-25-43(24-26-15-7-6-8-16-26)33-22-14-11-19-29(30)33/h6-22,25,35-37,47H,4-5,23-24H2,1-3H3,(H,41,45)(H,42,46). The Labute approximate surface area is 275 Å². The second kappa shape index (κ2) is 13.4. The van der Waals surface area contributed by atoms with E-state index < -0.39 is 41.0 Å². The fraction of sp³-hybridized carbons (Fsp3) is 0.275. The van der Waals surface area contributed by atoms with Crippen LogP contribution in [0.2, 0.25) is 0 Å². The van der Waals surface area contributed by atoms with E-state index in [-0.39, 0.29) is 6.42 Å². The monoisotopic (exact) mass is 627 g/mol. The van der Waals surface area contributed by atoms with E-state index in [1.54, 1.807) is 0 Å². The highest BCUT2D eigenvalue weighted by atomic mass is 16.3. The number of carbonyl (C=O) groups excluding carboxylic acids is 3. The van der Waals surface area contributed by atoms with Crippen LogP contribution in [0.15, 0.2) is 109 Å². The van der Waals surface area contributed by atoms with Crippen LogP contribution in [0.25, 0.3) is 10.9 Å². The number of para-hydroxylation sites is 3. The SMILES string of the molecule is CCc1ccccc1NC(=O)C1C(=O)CC(C)(O)C(C(=O)Nc2ccccc2CC)C1c1cn(Cc2ccccc2)c2ccccc12. The minimum Gasteiger partial charge on any atom is -0.389 e. The lowest BCUT2D eigenvalue weighted by Gasteiger charge is -2.44. The predicted octanol–water partition coefficient (Wildman–Crippen LogP) is 7.13. The summed E-state index contributed by atoms with van der Waals surface area (Å²) in [6, 6.07) is 33.0. The van der Waals surface area contributed by atoms with Crippen LogP contribution in [-0.4, -0.2) is 32.9 Å². The van der Waals surface area contributed by atoms with Gasteiger partial charge in [-0.25, -0.2) is 0 Å². The van der Waals surface area contributed by atoms with Crippen LogP contribution in [0.3, 0.4) is 0 Å². The van der Waals surface area contributed by atoms with Crippen molar-refractivity contribution in [3.63, 3.8) is 0 Å². The Balaban J connectivity index is 1.51. The van der Waals surface area contributed by atoms with Gasteiger partial charge in [-0.2, -0.15) is 0 Å². The van der Waals surface area contributed by atoms with E-state index in [4.69, 9.17) is 0 Å². The highest BCUT2D eigenvalue weighted by Crippen LogP contribution is 2.49. The van der Waals surface area contributed by atoms with Gasteiger partial charge in [0.1, 0.15) is 11.7 Å². The number of aromatic nitrogens is 1. The molecule has 1 aromatic heterocycles. The molecule has 1 saturated carbocycles. The maximum absolute atomic E-state index is 14.5. The number of amides is 2. The zero-order valence-corrected chi connectivity index (χ0v) is 27.1. The Kier molecular flexibility index (Phi) is 9.10. The molecule has 1 aliphatic rings. The van der Waals surface area contributed by atoms with Crippen molar-refractivity contribution in [1.29, 1.82) is 0 Å². The molecule has 2 amide bonds. The maximum Gasteiger partial charge on any atom is 0.235 e. The number of hydrogen-bond acceptors (Lipinski definition) is 4. The first-order valence-corrected chi connectivity index (χ1v) is 16.4. The van der Waals surface area contributed by atoms with Gasteiger partial charge in [-0.15, -0.1) is 0 Å². The minimum atomic E-state index is -1.71. The van der Waals surface area contributed by atoms with Crippen LogP contribution in [0.1, 0.15) is 55.4 Å². The van der Waals surface area contributed by atoms with Gasteiger partial charge in [0.05, 0.1) is 11.5 Å². The number of Topliss-reactive ketones (excluding diaryl/α,β-unsaturated/α-hetero) is 1. The molecular weight excluding hydrogens is 586 g/mol. The number of benzene rings is 4. The van der Waals surface area contributed by atoms with Gasteiger partial charge < -0.3 is 20.3 Å². The first-order chi connectivity index (χ1) is 22.7. The van der Waals surface area contributed by atoms with E-state index in [0.717, 1.165) is 27.6 Å². The number of aryl methyl sites for hydroxylation is 2. The molecule has 0 spiro atoms. The summed E-state index contributed by atoms with van der Waals surface area (Å²) in [5.74, 6) is -4.59. The smallest absolute Gasteiger partial charge is 0.235 e. The third kappa shape index (κ3) is 6.36. The molecule has 7 heteroatoms. The largest absolute Gasteiger partial charge is 0.389 e. The number of rotatable bonds is 9. The molecule has 1 aliphatic carbocycles. The van der Waals surface area contributed by atoms with E-state index in [9.17, 15) is 19.5 Å². The highest BCUT2D eigenvalue weighted by Gasteiger charge is 2.56. The summed E-state index contributed by atoms with van der Waals surface area (Å²) in [6.45, 7) is 6.11. The molecule has 5 aromatic rings. The van der Waals surface area contributed by atoms with E-state index >= 15 is 0 Å². The van der Waals surface area contributed by atoms with Crippen LogP contribution in [0.4, 0.5) is 11.4 Å². The zero-order chi connectivity index (χ0) is 33.1. The van der Waals surface area contributed by atoms with Crippen LogP contribution in [0.5, 0.6) is 0 Å². The van der Waals surface area contributed by atoms with Crippen molar-refractivity contribution < 1.29 is 19.5 Å². The molecule has 6 rings (SSSR count). The van der Waals surface area contributed by atoms with Crippen molar-refractivity contribution in [1.82, 2.24) is 4.57 Å². The molecule has 0 bridgehead atoms. The van der Waals surface area contributed by atoms with Crippen LogP contribution in [0, 0.1) is 11.8 Å². The van der Waals surface area contributed by atoms with E-state index in [2.05, 4.69) is 15.2 Å². The fourth-order valence-corrected chi connectivity index (χ4v) is 7.24. The molecule has 4 aromatic carbocycles. The molecule has 47 heavy (non-hydrogen) atoms. The molecule has 3 N–H and O–H groups in total. The molecule has 4 atom stereocenters. The quantitative estimate of drug-likeness (QED) is 0.151. The maximum atomic E-state index is 14.5. The molecule has 7 nitrogen and oxygen atoms in total. The van der Waals surface area contributed by atoms with Crippen molar-refractivity contribution in [2.24, 2.45) is 11.8 Å². The van der Waals surface area contributed by atoms with Gasteiger partial charge in [0.2, 0.25) is 11.8 Å². The molecule has 240 valence electrons. The summed E-state index contributed by atoms with van der Waals surface area (Å²) < 4.78 is 2.09. The summed E-state index contributed by atoms with van der Waals surface area (Å²) in [5, 5.41) is 18.9. The van der Waals surface area contributed by atoms with Crippen LogP contribution < -0.4 is 10.6 Å². The molecule has 1 fully saturated rings. The first kappa shape index (κ1) is 32.0. The summed E-state index contributed by atoms with van der Waals surface area (Å²) in [4.78, 5) is 42.9. The van der Waals surface area contributed by atoms with Gasteiger partial charge in [-0.1, -0.05) is 98.8 Å². The second-order valence-electron chi connectivity index (χ2n) is 12.7. The second-order valence-corrected chi connectivity index (χ2v) is 12.7. The van der Waals surface area contributed by atoms with Gasteiger partial charge in [0.15, 0.2) is 0 Å². The number of nitrogens with one attached hydrogen (secondary N) is 2. The van der Waals surface area contributed by atoms with E-state index in [0.29, 0.717) is 36.3 Å². The Morgan fingerprint density at radius 2 is 1.34 bits per heavy atom. The predicted molar refractivity (Wildman–Crippen MR) is 186 cm³/mol. The fourth-order valence-electron chi connectivity index (χ4n) is 7.24. The number of ketones is 1. The molecule has 1 heterocycles. The third-order valence-electron chi connectivity index (χ3n) is 9.52. The number of aliphatic hydroxyl groups is 1. The number of hydrogen-bond donors (Lipinski definition) is 3. The average molecular weight is 628 g/mol. The van der Waals surface area contributed by atoms with Crippen molar-refractivity contribution >= 4 is 39.9 Å². The Bertz CT molecular complexity index is 1930. The molecule has 4 unspecified atom stereocenters. The molecular formula is C40H41N3O4. The van der Waals surface area contributed by atoms with Crippen LogP contribution in [-0.2, 0) is 33.8 Å². The number of fused-ring (bicyclic) bond motifs is 1. The lowest BCUT2D eigenvalue weighted by Crippen LogP contribution is -2.56. The average Bonchev–Trinajstić information content (AvgIpc) is 3.42.